The van der Waals surface area contributed by atoms with Crippen molar-refractivity contribution in [1.29, 1.82) is 0 Å². The first-order chi connectivity index (χ1) is 9.67. The summed E-state index contributed by atoms with van der Waals surface area (Å²) in [6.45, 7) is 0.574. The fourth-order valence-corrected chi connectivity index (χ4v) is 1.83. The molecule has 1 N–H and O–H groups in total. The molecule has 6 nitrogen and oxygen atoms in total. The molecule has 0 aliphatic heterocycles. The summed E-state index contributed by atoms with van der Waals surface area (Å²) in [5.41, 5.74) is 0.456. The van der Waals surface area contributed by atoms with Gasteiger partial charge < -0.3 is 10.1 Å². The Balaban J connectivity index is 2.18. The molecule has 0 aromatic carbocycles. The number of amides is 1. The van der Waals surface area contributed by atoms with Gasteiger partial charge in [0.25, 0.3) is 5.91 Å². The Morgan fingerprint density at radius 3 is 2.55 bits per heavy atom. The molecule has 0 unspecified atom stereocenters. The smallest absolute Gasteiger partial charge is 0.305 e. The molecular formula is C13H19N3O3S. The van der Waals surface area contributed by atoms with Gasteiger partial charge in [0, 0.05) is 25.4 Å². The highest BCUT2D eigenvalue weighted by atomic mass is 32.2. The standard InChI is InChI=1S/C13H19N3O3S/c1-19-11(17)6-4-3-5-7-14-12(18)10-8-15-13(20-2)16-9-10/h8-9H,3-7H2,1-2H3,(H,14,18). The SMILES string of the molecule is COC(=O)CCCCCNC(=O)c1cnc(SC)nc1. The van der Waals surface area contributed by atoms with Crippen LogP contribution in [0.1, 0.15) is 36.0 Å². The summed E-state index contributed by atoms with van der Waals surface area (Å²) in [5, 5.41) is 3.44. The molecule has 20 heavy (non-hydrogen) atoms. The van der Waals surface area contributed by atoms with Crippen molar-refractivity contribution < 1.29 is 14.3 Å². The lowest BCUT2D eigenvalue weighted by atomic mass is 10.2. The summed E-state index contributed by atoms with van der Waals surface area (Å²) < 4.78 is 4.55. The average molecular weight is 297 g/mol. The van der Waals surface area contributed by atoms with Gasteiger partial charge in [-0.3, -0.25) is 9.59 Å². The number of carbonyl (C=O) groups excluding carboxylic acids is 2. The van der Waals surface area contributed by atoms with Gasteiger partial charge in [0.2, 0.25) is 0 Å². The van der Waals surface area contributed by atoms with Crippen LogP contribution in [-0.2, 0) is 9.53 Å². The number of hydrogen-bond acceptors (Lipinski definition) is 6. The fraction of sp³-hybridized carbons (Fsp3) is 0.538. The van der Waals surface area contributed by atoms with Gasteiger partial charge >= 0.3 is 5.97 Å². The second-order valence-corrected chi connectivity index (χ2v) is 4.87. The first-order valence-corrected chi connectivity index (χ1v) is 7.61. The molecule has 0 saturated carbocycles. The van der Waals surface area contributed by atoms with E-state index >= 15 is 0 Å². The summed E-state index contributed by atoms with van der Waals surface area (Å²) >= 11 is 1.43. The van der Waals surface area contributed by atoms with Crippen LogP contribution < -0.4 is 5.32 Å². The Hall–Kier alpha value is -1.63. The molecule has 0 saturated heterocycles. The Labute approximate surface area is 122 Å². The van der Waals surface area contributed by atoms with Gasteiger partial charge in [-0.25, -0.2) is 9.97 Å². The van der Waals surface area contributed by atoms with Crippen molar-refractivity contribution >= 4 is 23.6 Å². The van der Waals surface area contributed by atoms with E-state index in [0.717, 1.165) is 19.3 Å². The Morgan fingerprint density at radius 2 is 1.95 bits per heavy atom. The molecular weight excluding hydrogens is 278 g/mol. The third-order valence-electron chi connectivity index (χ3n) is 2.64. The quantitative estimate of drug-likeness (QED) is 0.340. The molecule has 0 radical (unpaired) electrons. The summed E-state index contributed by atoms with van der Waals surface area (Å²) in [7, 11) is 1.38. The maximum Gasteiger partial charge on any atom is 0.305 e. The minimum atomic E-state index is -0.194. The molecule has 0 aliphatic rings. The van der Waals surface area contributed by atoms with Crippen molar-refractivity contribution in [3.8, 4) is 0 Å². The molecule has 1 rings (SSSR count). The molecule has 0 atom stereocenters. The summed E-state index contributed by atoms with van der Waals surface area (Å²) in [6, 6.07) is 0. The monoisotopic (exact) mass is 297 g/mol. The van der Waals surface area contributed by atoms with Crippen LogP contribution in [0, 0.1) is 0 Å². The van der Waals surface area contributed by atoms with E-state index in [1.807, 2.05) is 6.26 Å². The summed E-state index contributed by atoms with van der Waals surface area (Å²) in [4.78, 5) is 30.7. The van der Waals surface area contributed by atoms with Crippen LogP contribution in [-0.4, -0.2) is 41.8 Å². The Morgan fingerprint density at radius 1 is 1.25 bits per heavy atom. The molecule has 7 heteroatoms. The zero-order chi connectivity index (χ0) is 14.8. The lowest BCUT2D eigenvalue weighted by molar-refractivity contribution is -0.140. The van der Waals surface area contributed by atoms with Crippen LogP contribution in [0.4, 0.5) is 0 Å². The predicted octanol–water partition coefficient (Wildman–Crippen LogP) is 1.66. The van der Waals surface area contributed by atoms with Gasteiger partial charge in [-0.2, -0.15) is 0 Å². The van der Waals surface area contributed by atoms with E-state index in [4.69, 9.17) is 0 Å². The second kappa shape index (κ2) is 9.30. The molecule has 1 aromatic heterocycles. The van der Waals surface area contributed by atoms with Gasteiger partial charge in [-0.15, -0.1) is 0 Å². The van der Waals surface area contributed by atoms with Crippen LogP contribution in [0.15, 0.2) is 17.6 Å². The van der Waals surface area contributed by atoms with E-state index in [1.165, 1.54) is 31.3 Å². The highest BCUT2D eigenvalue weighted by Gasteiger charge is 2.06. The highest BCUT2D eigenvalue weighted by molar-refractivity contribution is 7.98. The minimum absolute atomic E-state index is 0.175. The van der Waals surface area contributed by atoms with Crippen LogP contribution in [0.25, 0.3) is 0 Å². The van der Waals surface area contributed by atoms with Gasteiger partial charge in [0.05, 0.1) is 12.7 Å². The van der Waals surface area contributed by atoms with Gasteiger partial charge in [-0.05, 0) is 19.1 Å². The van der Waals surface area contributed by atoms with Crippen LogP contribution in [0.3, 0.4) is 0 Å². The number of thioether (sulfide) groups is 1. The van der Waals surface area contributed by atoms with Crippen molar-refractivity contribution in [2.24, 2.45) is 0 Å². The fourth-order valence-electron chi connectivity index (χ4n) is 1.52. The molecule has 0 fully saturated rings. The summed E-state index contributed by atoms with van der Waals surface area (Å²) in [6.07, 6.45) is 7.81. The number of nitrogens with zero attached hydrogens (tertiary/aromatic N) is 2. The number of ether oxygens (including phenoxy) is 1. The predicted molar refractivity (Wildman–Crippen MR) is 76.6 cm³/mol. The molecule has 0 aliphatic carbocycles. The number of esters is 1. The number of carbonyl (C=O) groups is 2. The average Bonchev–Trinajstić information content (AvgIpc) is 2.50. The zero-order valence-electron chi connectivity index (χ0n) is 11.7. The van der Waals surface area contributed by atoms with Crippen molar-refractivity contribution in [1.82, 2.24) is 15.3 Å². The molecule has 0 spiro atoms. The van der Waals surface area contributed by atoms with Crippen molar-refractivity contribution in [3.63, 3.8) is 0 Å². The Kier molecular flexibility index (Phi) is 7.64. The number of nitrogens with one attached hydrogen (secondary N) is 1. The zero-order valence-corrected chi connectivity index (χ0v) is 12.5. The van der Waals surface area contributed by atoms with E-state index in [0.29, 0.717) is 23.7 Å². The van der Waals surface area contributed by atoms with Crippen LogP contribution in [0.2, 0.25) is 0 Å². The number of unbranched alkanes of at least 4 members (excludes halogenated alkanes) is 2. The van der Waals surface area contributed by atoms with E-state index in [1.54, 1.807) is 0 Å². The Bertz CT molecular complexity index is 437. The van der Waals surface area contributed by atoms with Crippen molar-refractivity contribution in [2.45, 2.75) is 30.8 Å². The topological polar surface area (TPSA) is 81.2 Å². The highest BCUT2D eigenvalue weighted by Crippen LogP contribution is 2.07. The number of hydrogen-bond donors (Lipinski definition) is 1. The van der Waals surface area contributed by atoms with Gasteiger partial charge in [-0.1, -0.05) is 18.2 Å². The van der Waals surface area contributed by atoms with Crippen LogP contribution >= 0.6 is 11.8 Å². The first kappa shape index (κ1) is 16.4. The number of aromatic nitrogens is 2. The van der Waals surface area contributed by atoms with E-state index < -0.39 is 0 Å². The van der Waals surface area contributed by atoms with E-state index in [9.17, 15) is 9.59 Å². The van der Waals surface area contributed by atoms with Crippen LogP contribution in [0.5, 0.6) is 0 Å². The maximum absolute atomic E-state index is 11.8. The van der Waals surface area contributed by atoms with E-state index in [2.05, 4.69) is 20.0 Å². The third kappa shape index (κ3) is 6.01. The van der Waals surface area contributed by atoms with Gasteiger partial charge in [0.15, 0.2) is 5.16 Å². The molecule has 110 valence electrons. The second-order valence-electron chi connectivity index (χ2n) is 4.10. The van der Waals surface area contributed by atoms with E-state index in [-0.39, 0.29) is 11.9 Å². The summed E-state index contributed by atoms with van der Waals surface area (Å²) in [5.74, 6) is -0.370. The number of methoxy groups -OCH3 is 1. The molecule has 1 heterocycles. The molecule has 1 aromatic rings. The minimum Gasteiger partial charge on any atom is -0.469 e. The largest absolute Gasteiger partial charge is 0.469 e. The first-order valence-electron chi connectivity index (χ1n) is 6.38. The third-order valence-corrected chi connectivity index (χ3v) is 3.22. The lowest BCUT2D eigenvalue weighted by Gasteiger charge is -2.05. The number of rotatable bonds is 8. The van der Waals surface area contributed by atoms with Crippen molar-refractivity contribution in [2.75, 3.05) is 19.9 Å². The molecule has 0 bridgehead atoms. The van der Waals surface area contributed by atoms with Crippen molar-refractivity contribution in [3.05, 3.63) is 18.0 Å². The lowest BCUT2D eigenvalue weighted by Crippen LogP contribution is -2.24. The maximum atomic E-state index is 11.8. The normalized spacial score (nSPS) is 10.1. The van der Waals surface area contributed by atoms with Gasteiger partial charge in [0.1, 0.15) is 0 Å². The molecule has 1 amide bonds.